The Labute approximate surface area is 145 Å². The number of hydrogen-bond donors (Lipinski definition) is 1. The van der Waals surface area contributed by atoms with Gasteiger partial charge in [-0.05, 0) is 11.5 Å². The number of rotatable bonds is 3. The van der Waals surface area contributed by atoms with Crippen LogP contribution in [0.3, 0.4) is 0 Å². The molecule has 128 valence electrons. The second-order valence-corrected chi connectivity index (χ2v) is 6.42. The fourth-order valence-electron chi connectivity index (χ4n) is 3.05. The molecule has 1 aromatic carbocycles. The number of nitrogens with zero attached hydrogens (tertiary/aromatic N) is 1. The van der Waals surface area contributed by atoms with Gasteiger partial charge in [-0.1, -0.05) is 32.9 Å². The van der Waals surface area contributed by atoms with Crippen molar-refractivity contribution >= 4 is 24.8 Å². The topological polar surface area (TPSA) is 24.5 Å². The predicted octanol–water partition coefficient (Wildman–Crippen LogP) is 3.67. The van der Waals surface area contributed by atoms with Crippen molar-refractivity contribution in [3.63, 3.8) is 0 Å². The summed E-state index contributed by atoms with van der Waals surface area (Å²) in [6.07, 6.45) is 0. The Kier molecular flexibility index (Phi) is 8.70. The number of ether oxygens (including phenoxy) is 1. The van der Waals surface area contributed by atoms with Crippen molar-refractivity contribution < 1.29 is 9.13 Å². The van der Waals surface area contributed by atoms with E-state index in [0.29, 0.717) is 5.75 Å². The number of piperazine rings is 1. The molecule has 0 radical (unpaired) electrons. The average Bonchev–Trinajstić information content (AvgIpc) is 2.41. The average molecular weight is 353 g/mol. The van der Waals surface area contributed by atoms with Crippen LogP contribution in [0.1, 0.15) is 32.4 Å². The van der Waals surface area contributed by atoms with E-state index in [1.54, 1.807) is 6.07 Å². The highest BCUT2D eigenvalue weighted by molar-refractivity contribution is 5.85. The first-order chi connectivity index (χ1) is 9.45. The quantitative estimate of drug-likeness (QED) is 0.897. The minimum Gasteiger partial charge on any atom is -0.494 e. The van der Waals surface area contributed by atoms with E-state index in [2.05, 4.69) is 31.0 Å². The van der Waals surface area contributed by atoms with Crippen molar-refractivity contribution in [2.45, 2.75) is 26.8 Å². The summed E-state index contributed by atoms with van der Waals surface area (Å²) in [7, 11) is 1.51. The molecule has 0 saturated carbocycles. The summed E-state index contributed by atoms with van der Waals surface area (Å²) >= 11 is 0. The van der Waals surface area contributed by atoms with Crippen molar-refractivity contribution in [2.75, 3.05) is 33.3 Å². The van der Waals surface area contributed by atoms with Crippen LogP contribution >= 0.6 is 24.8 Å². The Morgan fingerprint density at radius 2 is 1.77 bits per heavy atom. The monoisotopic (exact) mass is 352 g/mol. The molecule has 0 amide bonds. The first-order valence-corrected chi connectivity index (χ1v) is 7.22. The Morgan fingerprint density at radius 3 is 2.27 bits per heavy atom. The summed E-state index contributed by atoms with van der Waals surface area (Å²) in [5, 5.41) is 3.35. The minimum absolute atomic E-state index is 0. The van der Waals surface area contributed by atoms with Crippen molar-refractivity contribution in [3.05, 3.63) is 29.6 Å². The maximum Gasteiger partial charge on any atom is 0.169 e. The Hall–Kier alpha value is -0.550. The highest BCUT2D eigenvalue weighted by Crippen LogP contribution is 2.40. The predicted molar refractivity (Wildman–Crippen MR) is 94.1 cm³/mol. The van der Waals surface area contributed by atoms with Gasteiger partial charge in [-0.25, -0.2) is 4.39 Å². The van der Waals surface area contributed by atoms with E-state index in [1.807, 2.05) is 12.1 Å². The maximum atomic E-state index is 14.6. The van der Waals surface area contributed by atoms with Crippen LogP contribution in [-0.4, -0.2) is 38.2 Å². The number of halogens is 3. The Balaban J connectivity index is 0.00000220. The largest absolute Gasteiger partial charge is 0.494 e. The first kappa shape index (κ1) is 21.4. The van der Waals surface area contributed by atoms with Gasteiger partial charge >= 0.3 is 0 Å². The van der Waals surface area contributed by atoms with Crippen LogP contribution in [0.4, 0.5) is 4.39 Å². The second kappa shape index (κ2) is 8.92. The lowest BCUT2D eigenvalue weighted by molar-refractivity contribution is 0.0830. The minimum atomic E-state index is -0.228. The van der Waals surface area contributed by atoms with E-state index < -0.39 is 0 Å². The van der Waals surface area contributed by atoms with Crippen LogP contribution < -0.4 is 10.1 Å². The number of methoxy groups -OCH3 is 1. The molecule has 1 N–H and O–H groups in total. The molecule has 0 bridgehead atoms. The van der Waals surface area contributed by atoms with Crippen molar-refractivity contribution in [1.29, 1.82) is 0 Å². The molecule has 1 heterocycles. The molecule has 6 heteroatoms. The van der Waals surface area contributed by atoms with Crippen LogP contribution in [0, 0.1) is 11.2 Å². The molecule has 0 unspecified atom stereocenters. The van der Waals surface area contributed by atoms with Crippen LogP contribution in [0.2, 0.25) is 0 Å². The third-order valence-electron chi connectivity index (χ3n) is 3.84. The molecule has 1 atom stereocenters. The van der Waals surface area contributed by atoms with Crippen LogP contribution in [-0.2, 0) is 0 Å². The zero-order valence-corrected chi connectivity index (χ0v) is 15.3. The van der Waals surface area contributed by atoms with Crippen molar-refractivity contribution in [2.24, 2.45) is 5.41 Å². The van der Waals surface area contributed by atoms with Gasteiger partial charge in [0.15, 0.2) is 11.6 Å². The summed E-state index contributed by atoms with van der Waals surface area (Å²) in [4.78, 5) is 2.37. The first-order valence-electron chi connectivity index (χ1n) is 7.22. The van der Waals surface area contributed by atoms with Gasteiger partial charge in [0.25, 0.3) is 0 Å². The van der Waals surface area contributed by atoms with Gasteiger partial charge in [0.05, 0.1) is 7.11 Å². The molecule has 1 aliphatic heterocycles. The summed E-state index contributed by atoms with van der Waals surface area (Å²) in [5.74, 6) is 0.0975. The number of benzene rings is 1. The van der Waals surface area contributed by atoms with Crippen LogP contribution in [0.15, 0.2) is 18.2 Å². The molecular formula is C16H27Cl2FN2O. The molecule has 1 aliphatic rings. The Morgan fingerprint density at radius 1 is 1.18 bits per heavy atom. The van der Waals surface area contributed by atoms with Crippen LogP contribution in [0.25, 0.3) is 0 Å². The van der Waals surface area contributed by atoms with Gasteiger partial charge in [0, 0.05) is 37.8 Å². The van der Waals surface area contributed by atoms with E-state index >= 15 is 0 Å². The van der Waals surface area contributed by atoms with E-state index in [-0.39, 0.29) is 42.1 Å². The molecule has 3 nitrogen and oxygen atoms in total. The van der Waals surface area contributed by atoms with Gasteiger partial charge < -0.3 is 10.1 Å². The van der Waals surface area contributed by atoms with E-state index in [0.717, 1.165) is 31.7 Å². The SMILES string of the molecule is COc1cccc([C@H](N2CCNCC2)C(C)(C)C)c1F.Cl.Cl. The lowest BCUT2D eigenvalue weighted by Crippen LogP contribution is -2.48. The van der Waals surface area contributed by atoms with Gasteiger partial charge in [0.2, 0.25) is 0 Å². The summed E-state index contributed by atoms with van der Waals surface area (Å²) in [6.45, 7) is 10.3. The van der Waals surface area contributed by atoms with Crippen LogP contribution in [0.5, 0.6) is 5.75 Å². The normalized spacial score (nSPS) is 17.1. The third kappa shape index (κ3) is 4.72. The fourth-order valence-corrected chi connectivity index (χ4v) is 3.05. The zero-order chi connectivity index (χ0) is 14.8. The smallest absolute Gasteiger partial charge is 0.169 e. The van der Waals surface area contributed by atoms with Crippen molar-refractivity contribution in [1.82, 2.24) is 10.2 Å². The van der Waals surface area contributed by atoms with Gasteiger partial charge in [-0.2, -0.15) is 0 Å². The Bertz CT molecular complexity index is 460. The molecule has 1 fully saturated rings. The molecule has 0 aliphatic carbocycles. The highest BCUT2D eigenvalue weighted by atomic mass is 35.5. The van der Waals surface area contributed by atoms with E-state index in [4.69, 9.17) is 4.74 Å². The molecule has 1 aromatic rings. The maximum absolute atomic E-state index is 14.6. The second-order valence-electron chi connectivity index (χ2n) is 6.42. The van der Waals surface area contributed by atoms with E-state index in [1.165, 1.54) is 7.11 Å². The molecule has 0 spiro atoms. The van der Waals surface area contributed by atoms with Crippen molar-refractivity contribution in [3.8, 4) is 5.75 Å². The lowest BCUT2D eigenvalue weighted by atomic mass is 9.80. The van der Waals surface area contributed by atoms with Gasteiger partial charge in [0.1, 0.15) is 0 Å². The molecule has 0 aromatic heterocycles. The number of nitrogens with one attached hydrogen (secondary N) is 1. The third-order valence-corrected chi connectivity index (χ3v) is 3.84. The molecule has 22 heavy (non-hydrogen) atoms. The molecule has 2 rings (SSSR count). The fraction of sp³-hybridized carbons (Fsp3) is 0.625. The number of hydrogen-bond acceptors (Lipinski definition) is 3. The summed E-state index contributed by atoms with van der Waals surface area (Å²) < 4.78 is 19.8. The summed E-state index contributed by atoms with van der Waals surface area (Å²) in [6, 6.07) is 5.49. The van der Waals surface area contributed by atoms with Gasteiger partial charge in [-0.3, -0.25) is 4.90 Å². The molecule has 1 saturated heterocycles. The van der Waals surface area contributed by atoms with Gasteiger partial charge in [-0.15, -0.1) is 24.8 Å². The highest BCUT2D eigenvalue weighted by Gasteiger charge is 2.34. The van der Waals surface area contributed by atoms with E-state index in [9.17, 15) is 4.39 Å². The lowest BCUT2D eigenvalue weighted by Gasteiger charge is -2.42. The molecular weight excluding hydrogens is 326 g/mol. The zero-order valence-electron chi connectivity index (χ0n) is 13.7. The summed E-state index contributed by atoms with van der Waals surface area (Å²) in [5.41, 5.74) is 0.698. The standard InChI is InChI=1S/C16H25FN2O.2ClH/c1-16(2,3)15(19-10-8-18-9-11-19)12-6-5-7-13(20-4)14(12)17;;/h5-7,15,18H,8-11H2,1-4H3;2*1H/t15-;;/m0../s1.